The Morgan fingerprint density at radius 3 is 2.41 bits per heavy atom. The van der Waals surface area contributed by atoms with Gasteiger partial charge in [0.15, 0.2) is 12.4 Å². The van der Waals surface area contributed by atoms with Gasteiger partial charge in [-0.25, -0.2) is 4.39 Å². The molecular formula is C36H37FN4+2. The van der Waals surface area contributed by atoms with Crippen LogP contribution in [-0.2, 0) is 28.8 Å². The monoisotopic (exact) mass is 544 g/mol. The molecule has 0 bridgehead atoms. The van der Waals surface area contributed by atoms with Gasteiger partial charge in [-0.3, -0.25) is 4.68 Å². The summed E-state index contributed by atoms with van der Waals surface area (Å²) < 4.78 is 22.9. The molecule has 41 heavy (non-hydrogen) atoms. The van der Waals surface area contributed by atoms with Crippen molar-refractivity contribution in [3.8, 4) is 22.6 Å². The summed E-state index contributed by atoms with van der Waals surface area (Å²) in [6.45, 7) is 15.8. The Balaban J connectivity index is 1.44. The molecule has 0 amide bonds. The molecule has 4 nitrogen and oxygen atoms in total. The van der Waals surface area contributed by atoms with Gasteiger partial charge in [0.05, 0.1) is 16.6 Å². The van der Waals surface area contributed by atoms with Crippen molar-refractivity contribution < 1.29 is 13.5 Å². The minimum Gasteiger partial charge on any atom is -0.262 e. The van der Waals surface area contributed by atoms with Gasteiger partial charge in [-0.2, -0.15) is 14.2 Å². The fourth-order valence-electron chi connectivity index (χ4n) is 8.55. The fraction of sp³-hybridized carbons (Fsp3) is 0.361. The largest absolute Gasteiger partial charge is 0.262 e. The molecule has 3 atom stereocenters. The number of benzene rings is 2. The van der Waals surface area contributed by atoms with E-state index < -0.39 is 5.41 Å². The highest BCUT2D eigenvalue weighted by Crippen LogP contribution is 2.71. The van der Waals surface area contributed by atoms with E-state index in [-0.39, 0.29) is 28.2 Å². The van der Waals surface area contributed by atoms with Crippen LogP contribution in [0, 0.1) is 5.82 Å². The number of hydrogen-bond donors (Lipinski definition) is 0. The van der Waals surface area contributed by atoms with Gasteiger partial charge in [0.2, 0.25) is 23.0 Å². The maximum absolute atomic E-state index is 16.0. The zero-order valence-corrected chi connectivity index (χ0v) is 25.2. The summed E-state index contributed by atoms with van der Waals surface area (Å²) in [7, 11) is 2.04. The number of fused-ring (bicyclic) bond motifs is 3. The molecule has 3 aromatic heterocycles. The molecule has 3 aliphatic rings. The van der Waals surface area contributed by atoms with E-state index in [0.29, 0.717) is 0 Å². The van der Waals surface area contributed by atoms with Crippen LogP contribution < -0.4 is 9.13 Å². The van der Waals surface area contributed by atoms with E-state index in [1.165, 1.54) is 21.9 Å². The van der Waals surface area contributed by atoms with E-state index in [9.17, 15) is 0 Å². The normalized spacial score (nSPS) is 24.9. The highest BCUT2D eigenvalue weighted by Gasteiger charge is 2.89. The number of nitrogens with zero attached hydrogens (tertiary/aromatic N) is 4. The summed E-state index contributed by atoms with van der Waals surface area (Å²) in [5, 5.41) is 7.38. The second-order valence-electron chi connectivity index (χ2n) is 14.3. The molecule has 3 unspecified atom stereocenters. The van der Waals surface area contributed by atoms with E-state index in [1.807, 2.05) is 11.7 Å². The molecular weight excluding hydrogens is 507 g/mol. The van der Waals surface area contributed by atoms with Crippen molar-refractivity contribution in [2.75, 3.05) is 0 Å². The zero-order valence-electron chi connectivity index (χ0n) is 25.2. The van der Waals surface area contributed by atoms with Crippen molar-refractivity contribution in [1.82, 2.24) is 9.78 Å². The van der Waals surface area contributed by atoms with Crippen LogP contribution >= 0.6 is 0 Å². The van der Waals surface area contributed by atoms with Crippen molar-refractivity contribution in [2.45, 2.75) is 76.3 Å². The third kappa shape index (κ3) is 2.73. The minimum absolute atomic E-state index is 0.0455. The zero-order chi connectivity index (χ0) is 28.9. The standard InChI is InChI=1S/C36H37FN4/c1-33(2,3)27-20-26(39(8)38-27)25-14-9-10-18-40(25)32-35(6)23-15-16-24(37)30-29(23)31-28-21(17-19-41(31)36(32,35)7)12-11-13-22(28)34(30,4)5/h9-20,32H,1-8H3/q+2. The first-order valence-corrected chi connectivity index (χ1v) is 14.7. The molecule has 2 aromatic carbocycles. The van der Waals surface area contributed by atoms with Crippen LogP contribution in [0.25, 0.3) is 33.4 Å². The lowest BCUT2D eigenvalue weighted by atomic mass is 9.66. The van der Waals surface area contributed by atoms with E-state index in [4.69, 9.17) is 5.10 Å². The Kier molecular flexibility index (Phi) is 4.44. The fourth-order valence-corrected chi connectivity index (χ4v) is 8.55. The molecule has 0 spiro atoms. The van der Waals surface area contributed by atoms with Gasteiger partial charge in [0.25, 0.3) is 0 Å². The second-order valence-corrected chi connectivity index (χ2v) is 14.3. The number of pyridine rings is 2. The van der Waals surface area contributed by atoms with Crippen LogP contribution in [0.1, 0.15) is 76.9 Å². The van der Waals surface area contributed by atoms with Crippen LogP contribution in [0.4, 0.5) is 4.39 Å². The molecule has 0 N–H and O–H groups in total. The average Bonchev–Trinajstić information content (AvgIpc) is 3.19. The Morgan fingerprint density at radius 1 is 0.902 bits per heavy atom. The van der Waals surface area contributed by atoms with Crippen LogP contribution in [0.5, 0.6) is 0 Å². The summed E-state index contributed by atoms with van der Waals surface area (Å²) in [5.41, 5.74) is 7.86. The Morgan fingerprint density at radius 2 is 1.68 bits per heavy atom. The molecule has 0 radical (unpaired) electrons. The number of hydrogen-bond acceptors (Lipinski definition) is 1. The lowest BCUT2D eigenvalue weighted by Crippen LogP contribution is -2.55. The molecule has 2 aliphatic carbocycles. The van der Waals surface area contributed by atoms with Gasteiger partial charge in [-0.15, -0.1) is 0 Å². The van der Waals surface area contributed by atoms with E-state index >= 15 is 4.39 Å². The summed E-state index contributed by atoms with van der Waals surface area (Å²) in [6.07, 6.45) is 4.47. The number of rotatable bonds is 2. The highest BCUT2D eigenvalue weighted by atomic mass is 19.1. The third-order valence-electron chi connectivity index (χ3n) is 10.9. The molecule has 5 aromatic rings. The maximum Gasteiger partial charge on any atom is 0.243 e. The Bertz CT molecular complexity index is 1980. The van der Waals surface area contributed by atoms with Crippen LogP contribution in [0.3, 0.4) is 0 Å². The van der Waals surface area contributed by atoms with Crippen molar-refractivity contribution in [3.05, 3.63) is 101 Å². The molecule has 0 saturated heterocycles. The SMILES string of the molecule is Cn1nc(C(C)(C)C)cc1-c1cccc[n+]1C1C2(C)c3ccc(F)c4c3-c3c5c(cccc5cc[n+]3C12C)C4(C)C. The van der Waals surface area contributed by atoms with Crippen molar-refractivity contribution in [2.24, 2.45) is 7.05 Å². The topological polar surface area (TPSA) is 25.6 Å². The van der Waals surface area contributed by atoms with Crippen LogP contribution in [-0.4, -0.2) is 9.78 Å². The lowest BCUT2D eigenvalue weighted by molar-refractivity contribution is -0.780. The first-order valence-electron chi connectivity index (χ1n) is 14.7. The molecule has 206 valence electrons. The van der Waals surface area contributed by atoms with Gasteiger partial charge < -0.3 is 0 Å². The molecule has 1 fully saturated rings. The van der Waals surface area contributed by atoms with E-state index in [2.05, 4.69) is 125 Å². The molecule has 8 rings (SSSR count). The van der Waals surface area contributed by atoms with Gasteiger partial charge in [0.1, 0.15) is 16.9 Å². The molecule has 1 aliphatic heterocycles. The maximum atomic E-state index is 16.0. The van der Waals surface area contributed by atoms with Crippen LogP contribution in [0.2, 0.25) is 0 Å². The summed E-state index contributed by atoms with van der Waals surface area (Å²) in [4.78, 5) is 0. The van der Waals surface area contributed by atoms with Crippen molar-refractivity contribution in [3.63, 3.8) is 0 Å². The lowest BCUT2D eigenvalue weighted by Gasteiger charge is -2.37. The first kappa shape index (κ1) is 24.9. The van der Waals surface area contributed by atoms with E-state index in [1.54, 1.807) is 6.07 Å². The minimum atomic E-state index is -0.446. The Labute approximate surface area is 241 Å². The molecule has 4 heterocycles. The number of aryl methyl sites for hydroxylation is 1. The Hall–Kier alpha value is -3.86. The predicted octanol–water partition coefficient (Wildman–Crippen LogP) is 6.80. The summed E-state index contributed by atoms with van der Waals surface area (Å²) in [6, 6.07) is 21.4. The predicted molar refractivity (Wildman–Crippen MR) is 159 cm³/mol. The first-order chi connectivity index (χ1) is 19.3. The number of aromatic nitrogens is 4. The van der Waals surface area contributed by atoms with Crippen LogP contribution in [0.15, 0.2) is 73.1 Å². The third-order valence-corrected chi connectivity index (χ3v) is 10.9. The number of halogens is 1. The van der Waals surface area contributed by atoms with Crippen molar-refractivity contribution in [1.29, 1.82) is 0 Å². The molecule has 5 heteroatoms. The quantitative estimate of drug-likeness (QED) is 0.225. The van der Waals surface area contributed by atoms with Crippen molar-refractivity contribution >= 4 is 10.8 Å². The highest BCUT2D eigenvalue weighted by molar-refractivity contribution is 6.01. The van der Waals surface area contributed by atoms with Gasteiger partial charge in [-0.1, -0.05) is 58.9 Å². The van der Waals surface area contributed by atoms with Gasteiger partial charge in [-0.05, 0) is 41.6 Å². The summed E-state index contributed by atoms with van der Waals surface area (Å²) >= 11 is 0. The smallest absolute Gasteiger partial charge is 0.243 e. The van der Waals surface area contributed by atoms with Gasteiger partial charge >= 0.3 is 0 Å². The van der Waals surface area contributed by atoms with Gasteiger partial charge in [0, 0.05) is 48.6 Å². The van der Waals surface area contributed by atoms with E-state index in [0.717, 1.165) is 33.9 Å². The average molecular weight is 545 g/mol. The summed E-state index contributed by atoms with van der Waals surface area (Å²) in [5.74, 6) is -0.117. The molecule has 1 saturated carbocycles. The second kappa shape index (κ2) is 7.31.